The van der Waals surface area contributed by atoms with Crippen LogP contribution in [0.5, 0.6) is 5.88 Å². The lowest BCUT2D eigenvalue weighted by Gasteiger charge is -2.27. The Morgan fingerprint density at radius 3 is 2.40 bits per heavy atom. The van der Waals surface area contributed by atoms with E-state index in [0.717, 1.165) is 24.5 Å². The molecule has 3 rings (SSSR count). The lowest BCUT2D eigenvalue weighted by Crippen LogP contribution is -2.30. The zero-order chi connectivity index (χ0) is 13.6. The first-order valence-electron chi connectivity index (χ1n) is 7.17. The summed E-state index contributed by atoms with van der Waals surface area (Å²) < 4.78 is 5.64. The van der Waals surface area contributed by atoms with Crippen LogP contribution in [0.25, 0.3) is 0 Å². The average molecular weight is 269 g/mol. The van der Waals surface area contributed by atoms with Crippen molar-refractivity contribution in [1.29, 1.82) is 0 Å². The molecular formula is C16H19N3O. The van der Waals surface area contributed by atoms with Gasteiger partial charge in [0.1, 0.15) is 6.61 Å². The molecule has 1 saturated heterocycles. The monoisotopic (exact) mass is 269 g/mol. The number of ether oxygens (including phenoxy) is 1. The number of nitrogens with zero attached hydrogens (tertiary/aromatic N) is 3. The second kappa shape index (κ2) is 6.37. The summed E-state index contributed by atoms with van der Waals surface area (Å²) in [6, 6.07) is 14.0. The fourth-order valence-corrected chi connectivity index (χ4v) is 2.41. The maximum absolute atomic E-state index is 5.64. The van der Waals surface area contributed by atoms with Crippen molar-refractivity contribution in [3.63, 3.8) is 0 Å². The van der Waals surface area contributed by atoms with Gasteiger partial charge >= 0.3 is 0 Å². The minimum Gasteiger partial charge on any atom is -0.472 e. The van der Waals surface area contributed by atoms with Crippen LogP contribution in [0.15, 0.2) is 42.5 Å². The molecule has 1 aromatic heterocycles. The summed E-state index contributed by atoms with van der Waals surface area (Å²) in [7, 11) is 0. The van der Waals surface area contributed by atoms with Gasteiger partial charge in [-0.25, -0.2) is 0 Å². The molecule has 20 heavy (non-hydrogen) atoms. The third kappa shape index (κ3) is 3.26. The molecule has 2 aromatic rings. The van der Waals surface area contributed by atoms with Crippen molar-refractivity contribution < 1.29 is 4.74 Å². The number of piperidine rings is 1. The van der Waals surface area contributed by atoms with Crippen LogP contribution >= 0.6 is 0 Å². The van der Waals surface area contributed by atoms with Gasteiger partial charge in [-0.3, -0.25) is 0 Å². The van der Waals surface area contributed by atoms with Crippen molar-refractivity contribution in [3.8, 4) is 5.88 Å². The number of hydrogen-bond donors (Lipinski definition) is 0. The van der Waals surface area contributed by atoms with Crippen LogP contribution < -0.4 is 9.64 Å². The van der Waals surface area contributed by atoms with Gasteiger partial charge in [-0.15, -0.1) is 10.2 Å². The summed E-state index contributed by atoms with van der Waals surface area (Å²) in [5.41, 5.74) is 1.13. The van der Waals surface area contributed by atoms with Crippen molar-refractivity contribution in [2.45, 2.75) is 25.9 Å². The summed E-state index contributed by atoms with van der Waals surface area (Å²) in [6.07, 6.45) is 3.81. The van der Waals surface area contributed by atoms with E-state index in [4.69, 9.17) is 4.74 Å². The van der Waals surface area contributed by atoms with Gasteiger partial charge in [0.15, 0.2) is 5.82 Å². The minimum absolute atomic E-state index is 0.526. The summed E-state index contributed by atoms with van der Waals surface area (Å²) in [6.45, 7) is 2.69. The van der Waals surface area contributed by atoms with Gasteiger partial charge in [-0.05, 0) is 30.9 Å². The zero-order valence-corrected chi connectivity index (χ0v) is 11.5. The van der Waals surface area contributed by atoms with Gasteiger partial charge in [0, 0.05) is 19.2 Å². The van der Waals surface area contributed by atoms with Gasteiger partial charge in [0.25, 0.3) is 0 Å². The van der Waals surface area contributed by atoms with Crippen molar-refractivity contribution in [3.05, 3.63) is 48.0 Å². The fraction of sp³-hybridized carbons (Fsp3) is 0.375. The highest BCUT2D eigenvalue weighted by molar-refractivity contribution is 5.38. The molecular weight excluding hydrogens is 250 g/mol. The molecule has 0 N–H and O–H groups in total. The van der Waals surface area contributed by atoms with Crippen molar-refractivity contribution >= 4 is 5.82 Å². The summed E-state index contributed by atoms with van der Waals surface area (Å²) in [5, 5.41) is 8.42. The van der Waals surface area contributed by atoms with E-state index in [-0.39, 0.29) is 0 Å². The highest BCUT2D eigenvalue weighted by Crippen LogP contribution is 2.18. The van der Waals surface area contributed by atoms with Crippen LogP contribution in [0.3, 0.4) is 0 Å². The molecule has 2 heterocycles. The van der Waals surface area contributed by atoms with Gasteiger partial charge in [-0.2, -0.15) is 0 Å². The second-order valence-corrected chi connectivity index (χ2v) is 5.05. The van der Waals surface area contributed by atoms with E-state index >= 15 is 0 Å². The van der Waals surface area contributed by atoms with Gasteiger partial charge in [0.2, 0.25) is 5.88 Å². The highest BCUT2D eigenvalue weighted by atomic mass is 16.5. The van der Waals surface area contributed by atoms with Crippen LogP contribution in [0, 0.1) is 0 Å². The van der Waals surface area contributed by atoms with Crippen molar-refractivity contribution in [2.75, 3.05) is 18.0 Å². The maximum atomic E-state index is 5.64. The molecule has 104 valence electrons. The van der Waals surface area contributed by atoms with E-state index < -0.39 is 0 Å². The third-order valence-corrected chi connectivity index (χ3v) is 3.54. The molecule has 0 atom stereocenters. The molecule has 0 spiro atoms. The number of rotatable bonds is 4. The van der Waals surface area contributed by atoms with Crippen LogP contribution in [0.1, 0.15) is 24.8 Å². The first-order valence-corrected chi connectivity index (χ1v) is 7.17. The Kier molecular flexibility index (Phi) is 4.11. The number of anilines is 1. The Hall–Kier alpha value is -2.10. The van der Waals surface area contributed by atoms with E-state index in [1.165, 1.54) is 19.3 Å². The topological polar surface area (TPSA) is 38.2 Å². The maximum Gasteiger partial charge on any atom is 0.233 e. The van der Waals surface area contributed by atoms with Crippen molar-refractivity contribution in [2.24, 2.45) is 0 Å². The zero-order valence-electron chi connectivity index (χ0n) is 11.5. The third-order valence-electron chi connectivity index (χ3n) is 3.54. The first-order chi connectivity index (χ1) is 9.92. The second-order valence-electron chi connectivity index (χ2n) is 5.05. The standard InChI is InChI=1S/C16H19N3O/c1-3-7-14(8-4-1)13-20-16-10-9-15(17-18-16)19-11-5-2-6-12-19/h1,3-4,7-10H,2,5-6,11-13H2. The summed E-state index contributed by atoms with van der Waals surface area (Å²) in [5.74, 6) is 1.53. The van der Waals surface area contributed by atoms with Gasteiger partial charge < -0.3 is 9.64 Å². The Morgan fingerprint density at radius 2 is 1.70 bits per heavy atom. The fourth-order valence-electron chi connectivity index (χ4n) is 2.41. The molecule has 1 aromatic carbocycles. The molecule has 0 radical (unpaired) electrons. The highest BCUT2D eigenvalue weighted by Gasteiger charge is 2.12. The molecule has 0 amide bonds. The largest absolute Gasteiger partial charge is 0.472 e. The normalized spacial score (nSPS) is 15.1. The van der Waals surface area contributed by atoms with Crippen LogP contribution in [-0.2, 0) is 6.61 Å². The number of benzene rings is 1. The van der Waals surface area contributed by atoms with E-state index in [1.54, 1.807) is 0 Å². The first kappa shape index (κ1) is 12.9. The molecule has 0 aliphatic carbocycles. The van der Waals surface area contributed by atoms with Crippen LogP contribution in [0.4, 0.5) is 5.82 Å². The lowest BCUT2D eigenvalue weighted by molar-refractivity contribution is 0.290. The molecule has 0 saturated carbocycles. The Morgan fingerprint density at radius 1 is 0.900 bits per heavy atom. The van der Waals surface area contributed by atoms with Crippen molar-refractivity contribution in [1.82, 2.24) is 10.2 Å². The Balaban J connectivity index is 1.58. The minimum atomic E-state index is 0.526. The van der Waals surface area contributed by atoms with E-state index in [0.29, 0.717) is 12.5 Å². The van der Waals surface area contributed by atoms with Crippen LogP contribution in [-0.4, -0.2) is 23.3 Å². The Labute approximate surface area is 119 Å². The van der Waals surface area contributed by atoms with Gasteiger partial charge in [0.05, 0.1) is 0 Å². The molecule has 0 unspecified atom stereocenters. The Bertz CT molecular complexity index is 521. The van der Waals surface area contributed by atoms with Gasteiger partial charge in [-0.1, -0.05) is 30.3 Å². The molecule has 1 aliphatic rings. The predicted molar refractivity (Wildman–Crippen MR) is 78.9 cm³/mol. The number of hydrogen-bond acceptors (Lipinski definition) is 4. The predicted octanol–water partition coefficient (Wildman–Crippen LogP) is 3.05. The smallest absolute Gasteiger partial charge is 0.233 e. The summed E-state index contributed by atoms with van der Waals surface area (Å²) in [4.78, 5) is 2.29. The molecule has 4 nitrogen and oxygen atoms in total. The van der Waals surface area contributed by atoms with Crippen LogP contribution in [0.2, 0.25) is 0 Å². The van der Waals surface area contributed by atoms with E-state index in [2.05, 4.69) is 15.1 Å². The number of aromatic nitrogens is 2. The van der Waals surface area contributed by atoms with E-state index in [9.17, 15) is 0 Å². The quantitative estimate of drug-likeness (QED) is 0.855. The lowest BCUT2D eigenvalue weighted by atomic mass is 10.1. The molecule has 1 aliphatic heterocycles. The molecule has 0 bridgehead atoms. The SMILES string of the molecule is c1ccc(COc2ccc(N3CCCCC3)nn2)cc1. The summed E-state index contributed by atoms with van der Waals surface area (Å²) >= 11 is 0. The molecule has 1 fully saturated rings. The average Bonchev–Trinajstić information content (AvgIpc) is 2.55. The molecule has 4 heteroatoms. The van der Waals surface area contributed by atoms with E-state index in [1.807, 2.05) is 42.5 Å².